The van der Waals surface area contributed by atoms with Gasteiger partial charge in [0.25, 0.3) is 0 Å². The molecule has 3 saturated heterocycles. The van der Waals surface area contributed by atoms with Crippen LogP contribution in [0.3, 0.4) is 0 Å². The highest BCUT2D eigenvalue weighted by Crippen LogP contribution is 2.67. The van der Waals surface area contributed by atoms with E-state index in [1.165, 1.54) is 72.9 Å². The lowest BCUT2D eigenvalue weighted by Crippen LogP contribution is -2.39. The Hall–Kier alpha value is -6.10. The van der Waals surface area contributed by atoms with E-state index in [0.29, 0.717) is 40.2 Å². The number of amides is 1. The first-order chi connectivity index (χ1) is 40.6. The van der Waals surface area contributed by atoms with Crippen LogP contribution < -0.4 is 15.2 Å². The lowest BCUT2D eigenvalue weighted by Gasteiger charge is -2.28. The molecular formula is C59H65FN6O14P2S2. The number of anilines is 1. The number of hydrogen-bond acceptors (Lipinski definition) is 20. The van der Waals surface area contributed by atoms with E-state index >= 15 is 13.5 Å². The van der Waals surface area contributed by atoms with Crippen LogP contribution in [0.2, 0.25) is 0 Å². The van der Waals surface area contributed by atoms with Gasteiger partial charge in [-0.25, -0.2) is 33.3 Å². The van der Waals surface area contributed by atoms with Crippen LogP contribution >= 0.6 is 36.4 Å². The van der Waals surface area contributed by atoms with Crippen LogP contribution in [0.15, 0.2) is 122 Å². The SMILES string of the molecule is CCCCCCCCCCOc1ccc(C(=O)Oc2ccc(CSP3(=O)OC[C@H]4O[C@@H](n5cnc6c(N)ncnc65)[C@H](OP(=O)(SCc5ccc(C(=O)c6ccc(C)cc6)cc5)OC[C@H]5O[C@@H](N6C=CC(=O)CC6=O)C[C@@H]5O3)[C@@H]4F)cc2)cc1. The van der Waals surface area contributed by atoms with Crippen molar-refractivity contribution in [1.82, 2.24) is 24.4 Å². The molecule has 1 amide bonds. The molecule has 6 heterocycles. The Morgan fingerprint density at radius 1 is 0.726 bits per heavy atom. The summed E-state index contributed by atoms with van der Waals surface area (Å²) < 4.78 is 98.9. The summed E-state index contributed by atoms with van der Waals surface area (Å²) in [5.41, 5.74) is 9.96. The zero-order valence-electron chi connectivity index (χ0n) is 46.3. The summed E-state index contributed by atoms with van der Waals surface area (Å²) in [4.78, 5) is 65.9. The van der Waals surface area contributed by atoms with Crippen LogP contribution in [-0.2, 0) is 57.8 Å². The standard InChI is InChI=1S/C59H65FN6O14P2S2/c1-3-4-5-6-7-8-9-10-29-73-45-25-21-43(22-26-45)59(70)76-46-23-15-40(16-24-46)35-83-81(71)75-33-49-52(60)55(58(78-49)66-37-64-53-56(61)62-36-63-57(53)66)80-82(72,74-32-48-47(79-81)31-51(77-48)65-28-27-44(67)30-50(65)68)84-34-39-13-19-42(20-14-39)54(69)41-17-11-38(2)12-18-41/h11-28,36-37,47-49,51-52,55,58H,3-10,29-35H2,1-2H3,(H2,61,62,63)/t47-,48+,49+,51+,52+,55+,58+,81?,82?/m0/s1. The van der Waals surface area contributed by atoms with Gasteiger partial charge in [-0.05, 0) is 89.7 Å². The molecule has 4 aromatic carbocycles. The molecule has 84 heavy (non-hydrogen) atoms. The number of carbonyl (C=O) groups excluding carboxylic acids is 4. The number of unbranched alkanes of at least 4 members (excludes halogenated alkanes) is 7. The van der Waals surface area contributed by atoms with E-state index in [1.54, 1.807) is 84.9 Å². The first-order valence-corrected chi connectivity index (χ1v) is 34.2. The zero-order valence-corrected chi connectivity index (χ0v) is 49.7. The van der Waals surface area contributed by atoms with Crippen molar-refractivity contribution in [2.45, 2.75) is 133 Å². The van der Waals surface area contributed by atoms with Crippen molar-refractivity contribution in [2.75, 3.05) is 25.6 Å². The molecule has 0 radical (unpaired) electrons. The number of hydrogen-bond donors (Lipinski definition) is 1. The van der Waals surface area contributed by atoms with Gasteiger partial charge in [-0.2, -0.15) is 0 Å². The van der Waals surface area contributed by atoms with Gasteiger partial charge in [0.1, 0.15) is 54.0 Å². The molecule has 444 valence electrons. The van der Waals surface area contributed by atoms with Crippen molar-refractivity contribution in [3.05, 3.63) is 155 Å². The number of imidazole rings is 1. The molecule has 4 aliphatic heterocycles. The number of alkyl halides is 1. The second-order valence-electron chi connectivity index (χ2n) is 20.7. The summed E-state index contributed by atoms with van der Waals surface area (Å²) in [6.07, 6.45) is 3.89. The highest BCUT2D eigenvalue weighted by Gasteiger charge is 2.54. The first kappa shape index (κ1) is 61.0. The van der Waals surface area contributed by atoms with E-state index in [0.717, 1.165) is 41.2 Å². The number of allylic oxidation sites excluding steroid dienone is 1. The largest absolute Gasteiger partial charge is 0.494 e. The minimum atomic E-state index is -4.56. The molecule has 2 unspecified atom stereocenters. The Bertz CT molecular complexity index is 3420. The quantitative estimate of drug-likeness (QED) is 0.0166. The number of ketones is 2. The maximum absolute atomic E-state index is 17.3. The Morgan fingerprint density at radius 3 is 2.01 bits per heavy atom. The molecule has 2 N–H and O–H groups in total. The van der Waals surface area contributed by atoms with E-state index in [4.69, 9.17) is 42.8 Å². The third kappa shape index (κ3) is 15.3. The van der Waals surface area contributed by atoms with Crippen LogP contribution in [-0.4, -0.2) is 104 Å². The van der Waals surface area contributed by atoms with Crippen LogP contribution in [0.4, 0.5) is 10.2 Å². The second-order valence-corrected chi connectivity index (χ2v) is 28.8. The summed E-state index contributed by atoms with van der Waals surface area (Å²) in [7, 11) is 0. The third-order valence-corrected chi connectivity index (χ3v) is 21.9. The van der Waals surface area contributed by atoms with Gasteiger partial charge in [0.15, 0.2) is 35.4 Å². The topological polar surface area (TPSA) is 249 Å². The zero-order chi connectivity index (χ0) is 58.8. The number of nitrogens with zero attached hydrogens (tertiary/aromatic N) is 5. The molecule has 0 aliphatic carbocycles. The number of nitrogens with two attached hydrogens (primary N) is 1. The van der Waals surface area contributed by atoms with Gasteiger partial charge in [-0.15, -0.1) is 0 Å². The van der Waals surface area contributed by atoms with Gasteiger partial charge >= 0.3 is 19.6 Å². The normalized spacial score (nSPS) is 25.4. The Kier molecular flexibility index (Phi) is 20.3. The number of ether oxygens (including phenoxy) is 4. The van der Waals surface area contributed by atoms with E-state index in [-0.39, 0.29) is 46.4 Å². The van der Waals surface area contributed by atoms with E-state index in [2.05, 4.69) is 21.9 Å². The number of esters is 1. The van der Waals surface area contributed by atoms with Crippen LogP contribution in [0, 0.1) is 6.92 Å². The Balaban J connectivity index is 0.861. The summed E-state index contributed by atoms with van der Waals surface area (Å²) >= 11 is 1.53. The van der Waals surface area contributed by atoms with Crippen molar-refractivity contribution in [2.24, 2.45) is 0 Å². The summed E-state index contributed by atoms with van der Waals surface area (Å²) in [6, 6.07) is 27.2. The van der Waals surface area contributed by atoms with Gasteiger partial charge in [0.2, 0.25) is 5.91 Å². The van der Waals surface area contributed by atoms with Crippen molar-refractivity contribution in [1.29, 1.82) is 0 Å². The van der Waals surface area contributed by atoms with Gasteiger partial charge in [0, 0.05) is 35.3 Å². The van der Waals surface area contributed by atoms with Gasteiger partial charge < -0.3 is 24.7 Å². The van der Waals surface area contributed by atoms with E-state index in [1.807, 2.05) is 19.1 Å². The molecule has 3 fully saturated rings. The fraction of sp³-hybridized carbons (Fsp3) is 0.407. The molecule has 0 spiro atoms. The predicted molar refractivity (Wildman–Crippen MR) is 314 cm³/mol. The molecule has 0 saturated carbocycles. The van der Waals surface area contributed by atoms with E-state index in [9.17, 15) is 19.2 Å². The van der Waals surface area contributed by atoms with Crippen LogP contribution in [0.1, 0.15) is 120 Å². The van der Waals surface area contributed by atoms with Crippen molar-refractivity contribution < 1.29 is 69.7 Å². The minimum absolute atomic E-state index is 0.00752. The fourth-order valence-electron chi connectivity index (χ4n) is 9.86. The average Bonchev–Trinajstić information content (AvgIpc) is 2.31. The molecule has 20 nitrogen and oxygen atoms in total. The highest BCUT2D eigenvalue weighted by molar-refractivity contribution is 8.55. The molecule has 2 aromatic heterocycles. The maximum Gasteiger partial charge on any atom is 0.390 e. The number of aromatic nitrogens is 4. The lowest BCUT2D eigenvalue weighted by molar-refractivity contribution is -0.144. The number of rotatable bonds is 22. The summed E-state index contributed by atoms with van der Waals surface area (Å²) in [6.45, 7) is -5.49. The van der Waals surface area contributed by atoms with Crippen molar-refractivity contribution in [3.8, 4) is 11.5 Å². The molecular weight excluding hydrogens is 1160 g/mol. The fourth-order valence-corrected chi connectivity index (χ4v) is 16.6. The highest BCUT2D eigenvalue weighted by atomic mass is 32.7. The summed E-state index contributed by atoms with van der Waals surface area (Å²) in [5, 5.41) is 0. The molecule has 10 rings (SSSR count). The van der Waals surface area contributed by atoms with Gasteiger partial charge in [-0.1, -0.05) is 118 Å². The first-order valence-electron chi connectivity index (χ1n) is 27.9. The van der Waals surface area contributed by atoms with Gasteiger partial charge in [-0.3, -0.25) is 41.9 Å². The molecule has 2 bridgehead atoms. The molecule has 6 aromatic rings. The third-order valence-electron chi connectivity index (χ3n) is 14.6. The Labute approximate surface area is 493 Å². The Morgan fingerprint density at radius 2 is 1.33 bits per heavy atom. The minimum Gasteiger partial charge on any atom is -0.494 e. The molecule has 25 heteroatoms. The summed E-state index contributed by atoms with van der Waals surface area (Å²) in [5.74, 6) is -0.779. The van der Waals surface area contributed by atoms with Gasteiger partial charge in [0.05, 0.1) is 38.1 Å². The number of carbonyl (C=O) groups is 4. The monoisotopic (exact) mass is 1230 g/mol. The number of halogens is 1. The smallest absolute Gasteiger partial charge is 0.390 e. The molecule has 9 atom stereocenters. The molecule has 4 aliphatic rings. The maximum atomic E-state index is 17.3. The number of aryl methyl sites for hydroxylation is 1. The average molecular weight is 1230 g/mol. The number of fused-ring (bicyclic) bond motifs is 4. The van der Waals surface area contributed by atoms with Crippen LogP contribution in [0.25, 0.3) is 11.2 Å². The second kappa shape index (κ2) is 27.9. The predicted octanol–water partition coefficient (Wildman–Crippen LogP) is 12.3. The number of benzene rings is 4. The lowest BCUT2D eigenvalue weighted by atomic mass is 10.0. The van der Waals surface area contributed by atoms with Crippen molar-refractivity contribution in [3.63, 3.8) is 0 Å². The van der Waals surface area contributed by atoms with Crippen molar-refractivity contribution >= 4 is 76.8 Å². The van der Waals surface area contributed by atoms with Crippen LogP contribution in [0.5, 0.6) is 11.5 Å². The van der Waals surface area contributed by atoms with E-state index < -0.39 is 93.9 Å². The number of nitrogen functional groups attached to an aromatic ring is 1.